The summed E-state index contributed by atoms with van der Waals surface area (Å²) in [7, 11) is 0. The lowest BCUT2D eigenvalue weighted by molar-refractivity contribution is -0.140. The molecule has 2 N–H and O–H groups in total. The quantitative estimate of drug-likeness (QED) is 0.689. The zero-order valence-electron chi connectivity index (χ0n) is 9.69. The first-order valence-electron chi connectivity index (χ1n) is 5.98. The Labute approximate surface area is 95.8 Å². The van der Waals surface area contributed by atoms with Gasteiger partial charge in [0.2, 0.25) is 0 Å². The van der Waals surface area contributed by atoms with E-state index in [0.29, 0.717) is 19.2 Å². The number of rotatable bonds is 5. The second-order valence-electron chi connectivity index (χ2n) is 4.77. The average Bonchev–Trinajstić information content (AvgIpc) is 3.00. The standard InChI is InChI=1S/C11H20N2O3/c1-8-6-13(4-5-16-8)7-10(11(14)15)12-9-2-3-9/h8-10,12H,2-7H2,1H3,(H,14,15). The largest absolute Gasteiger partial charge is 0.480 e. The Kier molecular flexibility index (Phi) is 3.78. The van der Waals surface area contributed by atoms with Crippen molar-refractivity contribution in [3.8, 4) is 0 Å². The summed E-state index contributed by atoms with van der Waals surface area (Å²) < 4.78 is 5.43. The predicted octanol–water partition coefficient (Wildman–Crippen LogP) is -0.0877. The van der Waals surface area contributed by atoms with E-state index in [1.807, 2.05) is 6.92 Å². The van der Waals surface area contributed by atoms with Gasteiger partial charge >= 0.3 is 5.97 Å². The van der Waals surface area contributed by atoms with E-state index in [1.54, 1.807) is 0 Å². The van der Waals surface area contributed by atoms with Crippen molar-refractivity contribution in [3.05, 3.63) is 0 Å². The molecule has 1 aliphatic carbocycles. The van der Waals surface area contributed by atoms with E-state index >= 15 is 0 Å². The second-order valence-corrected chi connectivity index (χ2v) is 4.77. The van der Waals surface area contributed by atoms with Crippen molar-refractivity contribution < 1.29 is 14.6 Å². The summed E-state index contributed by atoms with van der Waals surface area (Å²) in [6, 6.07) is -0.00244. The highest BCUT2D eigenvalue weighted by atomic mass is 16.5. The Bertz CT molecular complexity index is 256. The van der Waals surface area contributed by atoms with Gasteiger partial charge in [-0.2, -0.15) is 0 Å². The van der Waals surface area contributed by atoms with Gasteiger partial charge in [0.05, 0.1) is 12.7 Å². The first kappa shape index (κ1) is 11.8. The first-order chi connectivity index (χ1) is 7.65. The van der Waals surface area contributed by atoms with Crippen LogP contribution in [0.25, 0.3) is 0 Å². The number of carboxylic acid groups (broad SMARTS) is 1. The van der Waals surface area contributed by atoms with Crippen LogP contribution in [0, 0.1) is 0 Å². The highest BCUT2D eigenvalue weighted by Gasteiger charge is 2.30. The normalized spacial score (nSPS) is 28.9. The Hall–Kier alpha value is -0.650. The number of carboxylic acids is 1. The van der Waals surface area contributed by atoms with Crippen LogP contribution >= 0.6 is 0 Å². The van der Waals surface area contributed by atoms with Crippen molar-refractivity contribution in [3.63, 3.8) is 0 Å². The molecule has 1 heterocycles. The zero-order valence-corrected chi connectivity index (χ0v) is 9.69. The van der Waals surface area contributed by atoms with Gasteiger partial charge in [-0.15, -0.1) is 0 Å². The summed E-state index contributed by atoms with van der Waals surface area (Å²) in [6.45, 7) is 4.98. The molecular weight excluding hydrogens is 208 g/mol. The van der Waals surface area contributed by atoms with E-state index in [9.17, 15) is 4.79 Å². The van der Waals surface area contributed by atoms with E-state index in [-0.39, 0.29) is 6.10 Å². The first-order valence-corrected chi connectivity index (χ1v) is 5.98. The molecule has 2 aliphatic rings. The molecule has 0 aromatic heterocycles. The fourth-order valence-electron chi connectivity index (χ4n) is 2.05. The fourth-order valence-corrected chi connectivity index (χ4v) is 2.05. The molecule has 2 rings (SSSR count). The maximum absolute atomic E-state index is 11.1. The van der Waals surface area contributed by atoms with Gasteiger partial charge in [0.15, 0.2) is 0 Å². The molecule has 0 aromatic rings. The van der Waals surface area contributed by atoms with E-state index in [0.717, 1.165) is 25.9 Å². The van der Waals surface area contributed by atoms with Crippen LogP contribution in [0.4, 0.5) is 0 Å². The van der Waals surface area contributed by atoms with Gasteiger partial charge < -0.3 is 15.2 Å². The third-order valence-corrected chi connectivity index (χ3v) is 3.08. The molecule has 2 fully saturated rings. The van der Waals surface area contributed by atoms with Crippen LogP contribution in [-0.2, 0) is 9.53 Å². The molecule has 0 spiro atoms. The van der Waals surface area contributed by atoms with Crippen molar-refractivity contribution >= 4 is 5.97 Å². The van der Waals surface area contributed by atoms with Crippen LogP contribution in [0.5, 0.6) is 0 Å². The number of aliphatic carboxylic acids is 1. The molecule has 92 valence electrons. The van der Waals surface area contributed by atoms with E-state index < -0.39 is 12.0 Å². The molecule has 0 radical (unpaired) electrons. The van der Waals surface area contributed by atoms with Crippen LogP contribution in [0.1, 0.15) is 19.8 Å². The van der Waals surface area contributed by atoms with Crippen LogP contribution in [-0.4, -0.2) is 60.4 Å². The smallest absolute Gasteiger partial charge is 0.322 e. The van der Waals surface area contributed by atoms with Crippen LogP contribution in [0.3, 0.4) is 0 Å². The van der Waals surface area contributed by atoms with E-state index in [4.69, 9.17) is 9.84 Å². The molecule has 16 heavy (non-hydrogen) atoms. The third kappa shape index (κ3) is 3.43. The molecule has 5 nitrogen and oxygen atoms in total. The maximum atomic E-state index is 11.1. The van der Waals surface area contributed by atoms with Crippen LogP contribution in [0.15, 0.2) is 0 Å². The molecule has 5 heteroatoms. The topological polar surface area (TPSA) is 61.8 Å². The van der Waals surface area contributed by atoms with Gasteiger partial charge in [0, 0.05) is 25.7 Å². The number of hydrogen-bond acceptors (Lipinski definition) is 4. The highest BCUT2D eigenvalue weighted by Crippen LogP contribution is 2.19. The number of nitrogens with zero attached hydrogens (tertiary/aromatic N) is 1. The van der Waals surface area contributed by atoms with Crippen LogP contribution < -0.4 is 5.32 Å². The maximum Gasteiger partial charge on any atom is 0.322 e. The summed E-state index contributed by atoms with van der Waals surface area (Å²) in [5.74, 6) is -0.744. The lowest BCUT2D eigenvalue weighted by atomic mass is 10.2. The summed E-state index contributed by atoms with van der Waals surface area (Å²) in [5, 5.41) is 12.3. The van der Waals surface area contributed by atoms with E-state index in [2.05, 4.69) is 10.2 Å². The lowest BCUT2D eigenvalue weighted by Gasteiger charge is -2.32. The molecule has 1 saturated carbocycles. The molecule has 1 aliphatic heterocycles. The minimum atomic E-state index is -0.744. The number of carbonyl (C=O) groups is 1. The molecule has 0 bridgehead atoms. The summed E-state index contributed by atoms with van der Waals surface area (Å²) >= 11 is 0. The second kappa shape index (κ2) is 5.12. The summed E-state index contributed by atoms with van der Waals surface area (Å²) in [5.41, 5.74) is 0. The highest BCUT2D eigenvalue weighted by molar-refractivity contribution is 5.73. The molecule has 2 unspecified atom stereocenters. The molecular formula is C11H20N2O3. The van der Waals surface area contributed by atoms with Gasteiger partial charge in [-0.25, -0.2) is 0 Å². The average molecular weight is 228 g/mol. The van der Waals surface area contributed by atoms with Crippen molar-refractivity contribution in [1.82, 2.24) is 10.2 Å². The minimum absolute atomic E-state index is 0.212. The van der Waals surface area contributed by atoms with Crippen molar-refractivity contribution in [1.29, 1.82) is 0 Å². The molecule has 0 aromatic carbocycles. The number of hydrogen-bond donors (Lipinski definition) is 2. The molecule has 1 saturated heterocycles. The van der Waals surface area contributed by atoms with Gasteiger partial charge in [-0.05, 0) is 19.8 Å². The SMILES string of the molecule is CC1CN(CC(NC2CC2)C(=O)O)CCO1. The van der Waals surface area contributed by atoms with Crippen LogP contribution in [0.2, 0.25) is 0 Å². The monoisotopic (exact) mass is 228 g/mol. The zero-order chi connectivity index (χ0) is 11.5. The lowest BCUT2D eigenvalue weighted by Crippen LogP contribution is -2.51. The third-order valence-electron chi connectivity index (χ3n) is 3.08. The molecule has 0 amide bonds. The number of morpholine rings is 1. The van der Waals surface area contributed by atoms with Crippen molar-refractivity contribution in [2.45, 2.75) is 38.0 Å². The van der Waals surface area contributed by atoms with Gasteiger partial charge in [-0.1, -0.05) is 0 Å². The summed E-state index contributed by atoms with van der Waals surface area (Å²) in [4.78, 5) is 13.3. The van der Waals surface area contributed by atoms with Gasteiger partial charge in [-0.3, -0.25) is 9.69 Å². The Morgan fingerprint density at radius 1 is 1.62 bits per heavy atom. The van der Waals surface area contributed by atoms with Crippen molar-refractivity contribution in [2.24, 2.45) is 0 Å². The van der Waals surface area contributed by atoms with Gasteiger partial charge in [0.25, 0.3) is 0 Å². The number of ether oxygens (including phenoxy) is 1. The van der Waals surface area contributed by atoms with Crippen molar-refractivity contribution in [2.75, 3.05) is 26.2 Å². The Morgan fingerprint density at radius 2 is 2.38 bits per heavy atom. The van der Waals surface area contributed by atoms with Gasteiger partial charge in [0.1, 0.15) is 6.04 Å². The fraction of sp³-hybridized carbons (Fsp3) is 0.909. The number of nitrogens with one attached hydrogen (secondary N) is 1. The Morgan fingerprint density at radius 3 is 2.94 bits per heavy atom. The van der Waals surface area contributed by atoms with E-state index in [1.165, 1.54) is 0 Å². The minimum Gasteiger partial charge on any atom is -0.480 e. The predicted molar refractivity (Wildman–Crippen MR) is 59.4 cm³/mol. The molecule has 2 atom stereocenters. The Balaban J connectivity index is 1.81. The summed E-state index contributed by atoms with van der Waals surface area (Å²) in [6.07, 6.45) is 2.44.